The molecule has 0 aromatic carbocycles. The van der Waals surface area contributed by atoms with Crippen LogP contribution in [0, 0.1) is 5.92 Å². The first-order valence-corrected chi connectivity index (χ1v) is 6.32. The summed E-state index contributed by atoms with van der Waals surface area (Å²) in [6.07, 6.45) is 5.69. The minimum atomic E-state index is 0.409. The molecule has 2 heterocycles. The molecule has 90 valence electrons. The van der Waals surface area contributed by atoms with Crippen LogP contribution in [0.4, 0.5) is 5.95 Å². The molecule has 1 unspecified atom stereocenters. The van der Waals surface area contributed by atoms with Gasteiger partial charge in [0.1, 0.15) is 0 Å². The summed E-state index contributed by atoms with van der Waals surface area (Å²) < 4.78 is 0.879. The standard InChI is InChI=1S/C10H13BrN6/c11-9-5-13-10(14-6-9)17-3-1-2-8(7-17)4-15-16-12/h5-6,8H,1-4,7H2. The van der Waals surface area contributed by atoms with Gasteiger partial charge in [0.15, 0.2) is 0 Å². The maximum atomic E-state index is 8.33. The van der Waals surface area contributed by atoms with Crippen molar-refractivity contribution in [2.45, 2.75) is 12.8 Å². The molecule has 0 aliphatic carbocycles. The fourth-order valence-electron chi connectivity index (χ4n) is 2.02. The van der Waals surface area contributed by atoms with Crippen molar-refractivity contribution in [3.8, 4) is 0 Å². The molecule has 1 aliphatic rings. The summed E-state index contributed by atoms with van der Waals surface area (Å²) >= 11 is 3.32. The zero-order valence-corrected chi connectivity index (χ0v) is 10.9. The van der Waals surface area contributed by atoms with Gasteiger partial charge in [0.25, 0.3) is 0 Å². The van der Waals surface area contributed by atoms with E-state index < -0.39 is 0 Å². The van der Waals surface area contributed by atoms with Crippen LogP contribution in [-0.4, -0.2) is 29.6 Å². The normalized spacial score (nSPS) is 19.8. The second-order valence-corrected chi connectivity index (χ2v) is 4.98. The molecular formula is C10H13BrN6. The summed E-state index contributed by atoms with van der Waals surface area (Å²) in [5.74, 6) is 1.16. The molecule has 0 saturated carbocycles. The largest absolute Gasteiger partial charge is 0.341 e. The van der Waals surface area contributed by atoms with Gasteiger partial charge < -0.3 is 4.90 Å². The molecule has 0 N–H and O–H groups in total. The van der Waals surface area contributed by atoms with Crippen LogP contribution in [-0.2, 0) is 0 Å². The fraction of sp³-hybridized carbons (Fsp3) is 0.600. The number of rotatable bonds is 3. The smallest absolute Gasteiger partial charge is 0.225 e. The zero-order valence-electron chi connectivity index (χ0n) is 9.33. The molecule has 1 aromatic rings. The predicted octanol–water partition coefficient (Wildman–Crippen LogP) is 2.77. The Morgan fingerprint density at radius 2 is 2.29 bits per heavy atom. The summed E-state index contributed by atoms with van der Waals surface area (Å²) in [7, 11) is 0. The highest BCUT2D eigenvalue weighted by Gasteiger charge is 2.20. The van der Waals surface area contributed by atoms with Crippen molar-refractivity contribution < 1.29 is 0 Å². The lowest BCUT2D eigenvalue weighted by Crippen LogP contribution is -2.37. The van der Waals surface area contributed by atoms with Gasteiger partial charge in [-0.3, -0.25) is 0 Å². The number of aromatic nitrogens is 2. The quantitative estimate of drug-likeness (QED) is 0.489. The molecule has 1 saturated heterocycles. The maximum absolute atomic E-state index is 8.33. The first-order valence-electron chi connectivity index (χ1n) is 5.53. The summed E-state index contributed by atoms with van der Waals surface area (Å²) in [6.45, 7) is 2.39. The monoisotopic (exact) mass is 296 g/mol. The molecule has 2 rings (SSSR count). The van der Waals surface area contributed by atoms with Crippen LogP contribution in [0.1, 0.15) is 12.8 Å². The van der Waals surface area contributed by atoms with Crippen molar-refractivity contribution in [2.24, 2.45) is 11.0 Å². The molecule has 0 bridgehead atoms. The third-order valence-corrected chi connectivity index (χ3v) is 3.22. The van der Waals surface area contributed by atoms with Crippen molar-refractivity contribution in [3.63, 3.8) is 0 Å². The van der Waals surface area contributed by atoms with Gasteiger partial charge in [-0.2, -0.15) is 0 Å². The van der Waals surface area contributed by atoms with E-state index in [-0.39, 0.29) is 0 Å². The summed E-state index contributed by atoms with van der Waals surface area (Å²) in [5.41, 5.74) is 8.33. The van der Waals surface area contributed by atoms with Gasteiger partial charge in [0.2, 0.25) is 5.95 Å². The second-order valence-electron chi connectivity index (χ2n) is 4.07. The number of anilines is 1. The van der Waals surface area contributed by atoms with E-state index in [1.54, 1.807) is 12.4 Å². The Balaban J connectivity index is 2.01. The van der Waals surface area contributed by atoms with E-state index in [1.165, 1.54) is 0 Å². The lowest BCUT2D eigenvalue weighted by atomic mass is 9.99. The highest BCUT2D eigenvalue weighted by Crippen LogP contribution is 2.21. The molecule has 1 atom stereocenters. The molecule has 17 heavy (non-hydrogen) atoms. The molecule has 0 amide bonds. The molecule has 0 radical (unpaired) electrons. The average molecular weight is 297 g/mol. The highest BCUT2D eigenvalue weighted by molar-refractivity contribution is 9.10. The third-order valence-electron chi connectivity index (χ3n) is 2.81. The number of hydrogen-bond donors (Lipinski definition) is 0. The summed E-state index contributed by atoms with van der Waals surface area (Å²) in [5, 5.41) is 3.64. The van der Waals surface area contributed by atoms with E-state index in [1.807, 2.05) is 0 Å². The molecule has 6 nitrogen and oxygen atoms in total. The van der Waals surface area contributed by atoms with E-state index in [4.69, 9.17) is 5.53 Å². The Morgan fingerprint density at radius 3 is 3.00 bits per heavy atom. The van der Waals surface area contributed by atoms with Crippen molar-refractivity contribution in [1.29, 1.82) is 0 Å². The number of hydrogen-bond acceptors (Lipinski definition) is 4. The van der Waals surface area contributed by atoms with Crippen LogP contribution >= 0.6 is 15.9 Å². The minimum absolute atomic E-state index is 0.409. The van der Waals surface area contributed by atoms with Crippen LogP contribution < -0.4 is 4.90 Å². The SMILES string of the molecule is [N-]=[N+]=NCC1CCCN(c2ncc(Br)cn2)C1. The Kier molecular flexibility index (Phi) is 4.17. The second kappa shape index (κ2) is 5.84. The van der Waals surface area contributed by atoms with Crippen molar-refractivity contribution in [3.05, 3.63) is 27.3 Å². The number of piperidine rings is 1. The van der Waals surface area contributed by atoms with Gasteiger partial charge in [-0.1, -0.05) is 5.11 Å². The van der Waals surface area contributed by atoms with Crippen molar-refractivity contribution >= 4 is 21.9 Å². The number of nitrogens with zero attached hydrogens (tertiary/aromatic N) is 6. The Bertz CT molecular complexity index is 413. The van der Waals surface area contributed by atoms with Gasteiger partial charge in [0, 0.05) is 36.9 Å². The first kappa shape index (κ1) is 12.1. The first-order chi connectivity index (χ1) is 8.29. The van der Waals surface area contributed by atoms with E-state index in [0.717, 1.165) is 36.4 Å². The maximum Gasteiger partial charge on any atom is 0.225 e. The molecule has 0 spiro atoms. The lowest BCUT2D eigenvalue weighted by molar-refractivity contribution is 0.419. The van der Waals surface area contributed by atoms with Gasteiger partial charge in [-0.25, -0.2) is 9.97 Å². The van der Waals surface area contributed by atoms with E-state index >= 15 is 0 Å². The molecule has 1 fully saturated rings. The lowest BCUT2D eigenvalue weighted by Gasteiger charge is -2.31. The van der Waals surface area contributed by atoms with Crippen LogP contribution in [0.15, 0.2) is 22.0 Å². The minimum Gasteiger partial charge on any atom is -0.341 e. The molecular weight excluding hydrogens is 284 g/mol. The topological polar surface area (TPSA) is 77.8 Å². The van der Waals surface area contributed by atoms with Gasteiger partial charge >= 0.3 is 0 Å². The van der Waals surface area contributed by atoms with Gasteiger partial charge in [-0.05, 0) is 40.2 Å². The Labute approximate surface area is 108 Å². The molecule has 1 aromatic heterocycles. The Hall–Kier alpha value is -1.33. The fourth-order valence-corrected chi connectivity index (χ4v) is 2.22. The van der Waals surface area contributed by atoms with Crippen LogP contribution in [0.5, 0.6) is 0 Å². The summed E-state index contributed by atoms with van der Waals surface area (Å²) in [6, 6.07) is 0. The van der Waals surface area contributed by atoms with Crippen LogP contribution in [0.3, 0.4) is 0 Å². The Morgan fingerprint density at radius 1 is 1.53 bits per heavy atom. The van der Waals surface area contributed by atoms with Gasteiger partial charge in [0.05, 0.1) is 4.47 Å². The van der Waals surface area contributed by atoms with Crippen LogP contribution in [0.2, 0.25) is 0 Å². The van der Waals surface area contributed by atoms with E-state index in [2.05, 4.69) is 40.8 Å². The summed E-state index contributed by atoms with van der Waals surface area (Å²) in [4.78, 5) is 13.5. The van der Waals surface area contributed by atoms with E-state index in [0.29, 0.717) is 12.5 Å². The third kappa shape index (κ3) is 3.31. The van der Waals surface area contributed by atoms with Gasteiger partial charge in [-0.15, -0.1) is 0 Å². The van der Waals surface area contributed by atoms with Crippen LogP contribution in [0.25, 0.3) is 10.4 Å². The van der Waals surface area contributed by atoms with Crippen molar-refractivity contribution in [1.82, 2.24) is 9.97 Å². The van der Waals surface area contributed by atoms with Crippen molar-refractivity contribution in [2.75, 3.05) is 24.5 Å². The number of halogens is 1. The predicted molar refractivity (Wildman–Crippen MR) is 68.7 cm³/mol. The molecule has 1 aliphatic heterocycles. The highest BCUT2D eigenvalue weighted by atomic mass is 79.9. The zero-order chi connectivity index (χ0) is 12.1. The number of azide groups is 1. The van der Waals surface area contributed by atoms with E-state index in [9.17, 15) is 0 Å². The average Bonchev–Trinajstić information content (AvgIpc) is 2.37. The molecule has 7 heteroatoms.